The van der Waals surface area contributed by atoms with Crippen molar-refractivity contribution in [3.63, 3.8) is 0 Å². The lowest BCUT2D eigenvalue weighted by Gasteiger charge is -2.16. The molecule has 1 N–H and O–H groups in total. The monoisotopic (exact) mass is 462 g/mol. The third-order valence-corrected chi connectivity index (χ3v) is 7.25. The molecule has 1 amide bonds. The minimum Gasteiger partial charge on any atom is -0.340 e. The third-order valence-electron chi connectivity index (χ3n) is 5.43. The van der Waals surface area contributed by atoms with Crippen LogP contribution < -0.4 is 5.32 Å². The van der Waals surface area contributed by atoms with Crippen LogP contribution in [-0.2, 0) is 18.6 Å². The van der Waals surface area contributed by atoms with E-state index in [1.165, 1.54) is 47.1 Å². The minimum absolute atomic E-state index is 0.177. The molecule has 5 rings (SSSR count). The van der Waals surface area contributed by atoms with Gasteiger partial charge in [0.15, 0.2) is 11.0 Å². The molecule has 0 fully saturated rings. The van der Waals surface area contributed by atoms with Gasteiger partial charge in [-0.1, -0.05) is 29.4 Å². The van der Waals surface area contributed by atoms with Gasteiger partial charge in [-0.05, 0) is 55.0 Å². The number of rotatable bonds is 6. The van der Waals surface area contributed by atoms with Crippen LogP contribution in [0.3, 0.4) is 0 Å². The van der Waals surface area contributed by atoms with E-state index in [-0.39, 0.29) is 5.91 Å². The van der Waals surface area contributed by atoms with Crippen LogP contribution in [0.5, 0.6) is 0 Å². The molecule has 162 valence electrons. The first kappa shape index (κ1) is 20.9. The van der Waals surface area contributed by atoms with Crippen molar-refractivity contribution in [2.75, 3.05) is 5.32 Å². The molecule has 32 heavy (non-hydrogen) atoms. The van der Waals surface area contributed by atoms with Gasteiger partial charge in [-0.2, -0.15) is 4.98 Å². The number of amides is 1. The van der Waals surface area contributed by atoms with Crippen molar-refractivity contribution in [3.05, 3.63) is 76.3 Å². The number of hydrogen-bond acceptors (Lipinski definition) is 7. The standard InChI is InChI=1S/C24H22N4O2S2/c1-15-25-22(28-30-15)14-31-21-9-5-4-8-19(21)23(29)27-24-26-20(13-32-24)18-11-10-16-6-2-3-7-17(16)12-18/h4-5,8-13H,2-3,6-7,14H2,1H3,(H,26,27,29). The van der Waals surface area contributed by atoms with E-state index in [9.17, 15) is 4.79 Å². The molecule has 0 saturated heterocycles. The van der Waals surface area contributed by atoms with Gasteiger partial charge < -0.3 is 4.52 Å². The van der Waals surface area contributed by atoms with E-state index in [0.29, 0.717) is 28.2 Å². The van der Waals surface area contributed by atoms with Gasteiger partial charge in [0.2, 0.25) is 5.89 Å². The number of carbonyl (C=O) groups is 1. The fourth-order valence-corrected chi connectivity index (χ4v) is 5.45. The number of nitrogens with zero attached hydrogens (tertiary/aromatic N) is 3. The fourth-order valence-electron chi connectivity index (χ4n) is 3.84. The van der Waals surface area contributed by atoms with E-state index in [0.717, 1.165) is 29.0 Å². The van der Waals surface area contributed by atoms with Gasteiger partial charge in [0.25, 0.3) is 5.91 Å². The summed E-state index contributed by atoms with van der Waals surface area (Å²) in [5, 5.41) is 9.47. The number of aryl methyl sites for hydroxylation is 3. The van der Waals surface area contributed by atoms with Crippen LogP contribution in [-0.4, -0.2) is 21.0 Å². The summed E-state index contributed by atoms with van der Waals surface area (Å²) < 4.78 is 5.02. The highest BCUT2D eigenvalue weighted by Gasteiger charge is 2.16. The zero-order valence-electron chi connectivity index (χ0n) is 17.6. The molecular weight excluding hydrogens is 440 g/mol. The summed E-state index contributed by atoms with van der Waals surface area (Å²) in [5.41, 5.74) is 5.48. The van der Waals surface area contributed by atoms with E-state index in [1.54, 1.807) is 6.92 Å². The Morgan fingerprint density at radius 1 is 1.12 bits per heavy atom. The molecule has 0 atom stereocenters. The first-order valence-electron chi connectivity index (χ1n) is 10.6. The summed E-state index contributed by atoms with van der Waals surface area (Å²) in [6.45, 7) is 1.76. The summed E-state index contributed by atoms with van der Waals surface area (Å²) in [6, 6.07) is 14.1. The number of thioether (sulfide) groups is 1. The number of nitrogens with one attached hydrogen (secondary N) is 1. The first-order chi connectivity index (χ1) is 15.7. The highest BCUT2D eigenvalue weighted by molar-refractivity contribution is 7.98. The molecule has 2 heterocycles. The van der Waals surface area contributed by atoms with Crippen LogP contribution in [0, 0.1) is 6.92 Å². The quantitative estimate of drug-likeness (QED) is 0.358. The van der Waals surface area contributed by atoms with Gasteiger partial charge in [-0.15, -0.1) is 23.1 Å². The number of carbonyl (C=O) groups excluding carboxylic acids is 1. The first-order valence-corrected chi connectivity index (χ1v) is 12.4. The Labute approximate surface area is 194 Å². The lowest BCUT2D eigenvalue weighted by Crippen LogP contribution is -2.12. The number of hydrogen-bond donors (Lipinski definition) is 1. The Morgan fingerprint density at radius 2 is 1.97 bits per heavy atom. The van der Waals surface area contributed by atoms with Crippen molar-refractivity contribution in [2.45, 2.75) is 43.3 Å². The largest absolute Gasteiger partial charge is 0.340 e. The summed E-state index contributed by atoms with van der Waals surface area (Å²) in [5.74, 6) is 1.49. The van der Waals surface area contributed by atoms with Crippen LogP contribution in [0.1, 0.15) is 46.0 Å². The molecular formula is C24H22N4O2S2. The Hall–Kier alpha value is -2.97. The maximum absolute atomic E-state index is 13.0. The van der Waals surface area contributed by atoms with E-state index in [4.69, 9.17) is 4.52 Å². The van der Waals surface area contributed by atoms with E-state index < -0.39 is 0 Å². The van der Waals surface area contributed by atoms with Gasteiger partial charge in [0.1, 0.15) is 0 Å². The van der Waals surface area contributed by atoms with E-state index >= 15 is 0 Å². The molecule has 0 spiro atoms. The normalized spacial score (nSPS) is 13.0. The third kappa shape index (κ3) is 4.61. The summed E-state index contributed by atoms with van der Waals surface area (Å²) in [6.07, 6.45) is 4.82. The topological polar surface area (TPSA) is 80.9 Å². The number of benzene rings is 2. The predicted molar refractivity (Wildman–Crippen MR) is 127 cm³/mol. The molecule has 4 aromatic rings. The minimum atomic E-state index is -0.177. The van der Waals surface area contributed by atoms with Crippen LogP contribution in [0.2, 0.25) is 0 Å². The maximum Gasteiger partial charge on any atom is 0.258 e. The molecule has 1 aliphatic rings. The summed E-state index contributed by atoms with van der Waals surface area (Å²) in [7, 11) is 0. The number of aromatic nitrogens is 3. The average molecular weight is 463 g/mol. The van der Waals surface area contributed by atoms with Crippen LogP contribution in [0.4, 0.5) is 5.13 Å². The van der Waals surface area contributed by atoms with E-state index in [2.05, 4.69) is 38.6 Å². The molecule has 0 unspecified atom stereocenters. The van der Waals surface area contributed by atoms with E-state index in [1.807, 2.05) is 29.6 Å². The van der Waals surface area contributed by atoms with Crippen molar-refractivity contribution in [1.82, 2.24) is 15.1 Å². The second-order valence-electron chi connectivity index (χ2n) is 7.70. The molecule has 6 nitrogen and oxygen atoms in total. The van der Waals surface area contributed by atoms with Gasteiger partial charge in [0, 0.05) is 22.8 Å². The second-order valence-corrected chi connectivity index (χ2v) is 9.57. The molecule has 2 aromatic carbocycles. The van der Waals surface area contributed by atoms with Gasteiger partial charge in [0.05, 0.1) is 17.0 Å². The second kappa shape index (κ2) is 9.26. The van der Waals surface area contributed by atoms with Gasteiger partial charge in [-0.25, -0.2) is 4.98 Å². The van der Waals surface area contributed by atoms with Crippen molar-refractivity contribution in [1.29, 1.82) is 0 Å². The molecule has 8 heteroatoms. The lowest BCUT2D eigenvalue weighted by atomic mass is 9.90. The van der Waals surface area contributed by atoms with Crippen LogP contribution in [0.15, 0.2) is 57.3 Å². The Kier molecular flexibility index (Phi) is 6.05. The predicted octanol–water partition coefficient (Wildman–Crippen LogP) is 5.92. The average Bonchev–Trinajstić information content (AvgIpc) is 3.46. The van der Waals surface area contributed by atoms with Crippen molar-refractivity contribution in [2.24, 2.45) is 0 Å². The zero-order valence-corrected chi connectivity index (χ0v) is 19.3. The number of thiazole rings is 1. The molecule has 0 radical (unpaired) electrons. The Bertz CT molecular complexity index is 1260. The molecule has 2 aromatic heterocycles. The maximum atomic E-state index is 13.0. The number of anilines is 1. The molecule has 0 saturated carbocycles. The molecule has 0 bridgehead atoms. The summed E-state index contributed by atoms with van der Waals surface area (Å²) in [4.78, 5) is 22.7. The Balaban J connectivity index is 1.29. The van der Waals surface area contributed by atoms with Crippen molar-refractivity contribution < 1.29 is 9.32 Å². The van der Waals surface area contributed by atoms with Crippen molar-refractivity contribution >= 4 is 34.1 Å². The fraction of sp³-hybridized carbons (Fsp3) is 0.250. The van der Waals surface area contributed by atoms with Crippen molar-refractivity contribution in [3.8, 4) is 11.3 Å². The zero-order chi connectivity index (χ0) is 21.9. The van der Waals surface area contributed by atoms with Gasteiger partial charge in [-0.3, -0.25) is 10.1 Å². The highest BCUT2D eigenvalue weighted by atomic mass is 32.2. The molecule has 0 aliphatic heterocycles. The van der Waals surface area contributed by atoms with Crippen LogP contribution >= 0.6 is 23.1 Å². The highest BCUT2D eigenvalue weighted by Crippen LogP contribution is 2.31. The SMILES string of the molecule is Cc1nc(CSc2ccccc2C(=O)Nc2nc(-c3ccc4c(c3)CCCC4)cs2)no1. The summed E-state index contributed by atoms with van der Waals surface area (Å²) >= 11 is 2.95. The Morgan fingerprint density at radius 3 is 2.81 bits per heavy atom. The number of fused-ring (bicyclic) bond motifs is 1. The molecule has 1 aliphatic carbocycles. The lowest BCUT2D eigenvalue weighted by molar-refractivity contribution is 0.102. The smallest absolute Gasteiger partial charge is 0.258 e. The van der Waals surface area contributed by atoms with Crippen LogP contribution in [0.25, 0.3) is 11.3 Å². The van der Waals surface area contributed by atoms with Gasteiger partial charge >= 0.3 is 0 Å².